The molecular weight excluding hydrogens is 396 g/mol. The number of tetrazole rings is 1. The topological polar surface area (TPSA) is 114 Å². The second-order valence-electron chi connectivity index (χ2n) is 7.48. The van der Waals surface area contributed by atoms with Gasteiger partial charge in [-0.05, 0) is 36.6 Å². The zero-order valence-corrected chi connectivity index (χ0v) is 18.1. The van der Waals surface area contributed by atoms with Crippen molar-refractivity contribution in [1.29, 1.82) is 0 Å². The minimum Gasteiger partial charge on any atom is -0.496 e. The Hall–Kier alpha value is -3.23. The molecule has 0 saturated carbocycles. The van der Waals surface area contributed by atoms with Crippen molar-refractivity contribution in [3.63, 3.8) is 0 Å². The number of nitrogens with zero attached hydrogens (tertiary/aromatic N) is 4. The van der Waals surface area contributed by atoms with Gasteiger partial charge in [0.1, 0.15) is 11.5 Å². The predicted octanol–water partition coefficient (Wildman–Crippen LogP) is 4.26. The van der Waals surface area contributed by atoms with Gasteiger partial charge in [-0.2, -0.15) is 5.21 Å². The van der Waals surface area contributed by atoms with Crippen molar-refractivity contribution >= 4 is 17.9 Å². The van der Waals surface area contributed by atoms with Crippen LogP contribution < -0.4 is 14.8 Å². The van der Waals surface area contributed by atoms with Crippen LogP contribution in [-0.4, -0.2) is 46.6 Å². The number of carbonyl (C=O) groups is 1. The summed E-state index contributed by atoms with van der Waals surface area (Å²) in [5, 5.41) is 17.0. The van der Waals surface area contributed by atoms with Crippen LogP contribution in [0, 0.1) is 0 Å². The number of allylic oxidation sites excluding steroid dienone is 1. The highest BCUT2D eigenvalue weighted by Gasteiger charge is 2.22. The monoisotopic (exact) mass is 426 g/mol. The molecule has 1 aliphatic rings. The van der Waals surface area contributed by atoms with Crippen LogP contribution in [0.25, 0.3) is 5.57 Å². The van der Waals surface area contributed by atoms with Crippen LogP contribution in [0.3, 0.4) is 0 Å². The number of ether oxygens (including phenoxy) is 2. The Morgan fingerprint density at radius 2 is 2.06 bits per heavy atom. The maximum Gasteiger partial charge on any atom is 0.412 e. The largest absolute Gasteiger partial charge is 0.496 e. The molecule has 1 atom stereocenters. The van der Waals surface area contributed by atoms with Crippen molar-refractivity contribution in [2.75, 3.05) is 13.7 Å². The van der Waals surface area contributed by atoms with Gasteiger partial charge in [-0.15, -0.1) is 10.2 Å². The maximum absolute atomic E-state index is 12.2. The summed E-state index contributed by atoms with van der Waals surface area (Å²) in [6.45, 7) is 2.81. The molecule has 1 amide bonds. The fourth-order valence-electron chi connectivity index (χ4n) is 3.48. The van der Waals surface area contributed by atoms with Gasteiger partial charge < -0.3 is 14.8 Å². The molecule has 2 heterocycles. The van der Waals surface area contributed by atoms with Gasteiger partial charge in [0.05, 0.1) is 13.0 Å². The Balaban J connectivity index is 1.57. The Labute approximate surface area is 182 Å². The number of aromatic amines is 1. The molecule has 1 unspecified atom stereocenters. The fourth-order valence-corrected chi connectivity index (χ4v) is 3.48. The summed E-state index contributed by atoms with van der Waals surface area (Å²) < 4.78 is 11.0. The van der Waals surface area contributed by atoms with Crippen LogP contribution in [0.2, 0.25) is 0 Å². The quantitative estimate of drug-likeness (QED) is 0.519. The number of nitrogens with one attached hydrogen (secondary N) is 2. The van der Waals surface area contributed by atoms with Crippen LogP contribution in [0.5, 0.6) is 11.5 Å². The van der Waals surface area contributed by atoms with E-state index in [1.807, 2.05) is 0 Å². The van der Waals surface area contributed by atoms with Gasteiger partial charge in [0, 0.05) is 24.5 Å². The van der Waals surface area contributed by atoms with E-state index >= 15 is 0 Å². The molecule has 0 aliphatic carbocycles. The second-order valence-corrected chi connectivity index (χ2v) is 7.48. The fraction of sp³-hybridized carbons (Fsp3) is 0.500. The van der Waals surface area contributed by atoms with Crippen molar-refractivity contribution in [2.24, 2.45) is 4.99 Å². The zero-order valence-electron chi connectivity index (χ0n) is 18.1. The first-order valence-corrected chi connectivity index (χ1v) is 10.8. The summed E-state index contributed by atoms with van der Waals surface area (Å²) in [5.74, 6) is 1.61. The highest BCUT2D eigenvalue weighted by molar-refractivity contribution is 5.81. The lowest BCUT2D eigenvalue weighted by molar-refractivity contribution is 0.200. The number of methoxy groups -OCH3 is 1. The van der Waals surface area contributed by atoms with Gasteiger partial charge in [0.2, 0.25) is 0 Å². The third-order valence-corrected chi connectivity index (χ3v) is 5.16. The average molecular weight is 427 g/mol. The van der Waals surface area contributed by atoms with Crippen molar-refractivity contribution in [3.05, 3.63) is 35.8 Å². The number of rotatable bonds is 11. The molecule has 2 aromatic rings. The average Bonchev–Trinajstić information content (AvgIpc) is 3.34. The lowest BCUT2D eigenvalue weighted by Gasteiger charge is -2.18. The minimum absolute atomic E-state index is 0.0892. The van der Waals surface area contributed by atoms with E-state index in [1.54, 1.807) is 37.7 Å². The van der Waals surface area contributed by atoms with Crippen LogP contribution in [0.4, 0.5) is 4.79 Å². The molecule has 3 rings (SSSR count). The SMILES string of the molecule is CCCCCCCCNC(=O)Oc1ccc(OC)c(C2=CN=CC(c3nn[nH]n3)C2)c1. The molecule has 0 fully saturated rings. The molecule has 1 aliphatic heterocycles. The molecule has 1 aromatic heterocycles. The van der Waals surface area contributed by atoms with Gasteiger partial charge in [-0.1, -0.05) is 44.2 Å². The molecule has 31 heavy (non-hydrogen) atoms. The number of hydrogen-bond acceptors (Lipinski definition) is 7. The van der Waals surface area contributed by atoms with E-state index in [2.05, 4.69) is 37.9 Å². The smallest absolute Gasteiger partial charge is 0.412 e. The Kier molecular flexibility index (Phi) is 8.57. The van der Waals surface area contributed by atoms with E-state index in [-0.39, 0.29) is 5.92 Å². The Morgan fingerprint density at radius 3 is 2.84 bits per heavy atom. The van der Waals surface area contributed by atoms with E-state index in [9.17, 15) is 4.79 Å². The van der Waals surface area contributed by atoms with E-state index < -0.39 is 6.09 Å². The summed E-state index contributed by atoms with van der Waals surface area (Å²) >= 11 is 0. The highest BCUT2D eigenvalue weighted by atomic mass is 16.6. The van der Waals surface area contributed by atoms with Crippen molar-refractivity contribution in [1.82, 2.24) is 25.9 Å². The third kappa shape index (κ3) is 6.63. The number of carbonyl (C=O) groups excluding carboxylic acids is 1. The number of aliphatic imine (C=N–C) groups is 1. The van der Waals surface area contributed by atoms with Crippen LogP contribution >= 0.6 is 0 Å². The van der Waals surface area contributed by atoms with Crippen molar-refractivity contribution in [3.8, 4) is 11.5 Å². The number of unbranched alkanes of at least 4 members (excludes halogenated alkanes) is 5. The summed E-state index contributed by atoms with van der Waals surface area (Å²) in [5.41, 5.74) is 1.75. The summed E-state index contributed by atoms with van der Waals surface area (Å²) in [4.78, 5) is 16.5. The van der Waals surface area contributed by atoms with E-state index in [1.165, 1.54) is 25.7 Å². The maximum atomic E-state index is 12.2. The van der Waals surface area contributed by atoms with Gasteiger partial charge in [0.15, 0.2) is 5.82 Å². The number of aromatic nitrogens is 4. The predicted molar refractivity (Wildman–Crippen MR) is 118 cm³/mol. The first-order valence-electron chi connectivity index (χ1n) is 10.8. The minimum atomic E-state index is -0.454. The van der Waals surface area contributed by atoms with Crippen LogP contribution in [0.15, 0.2) is 29.4 Å². The van der Waals surface area contributed by atoms with Crippen molar-refractivity contribution < 1.29 is 14.3 Å². The molecule has 2 N–H and O–H groups in total. The second kappa shape index (κ2) is 11.8. The van der Waals surface area contributed by atoms with Crippen LogP contribution in [0.1, 0.15) is 69.2 Å². The van der Waals surface area contributed by atoms with Gasteiger partial charge in [-0.25, -0.2) is 4.79 Å². The summed E-state index contributed by atoms with van der Waals surface area (Å²) in [6, 6.07) is 5.30. The molecule has 166 valence electrons. The van der Waals surface area contributed by atoms with E-state index in [0.29, 0.717) is 30.3 Å². The van der Waals surface area contributed by atoms with E-state index in [0.717, 1.165) is 24.0 Å². The zero-order chi connectivity index (χ0) is 21.9. The number of H-pyrrole nitrogens is 1. The van der Waals surface area contributed by atoms with Gasteiger partial charge in [0.25, 0.3) is 0 Å². The summed E-state index contributed by atoms with van der Waals surface area (Å²) in [7, 11) is 1.61. The molecule has 9 heteroatoms. The molecule has 0 saturated heterocycles. The molecule has 1 aromatic carbocycles. The number of benzene rings is 1. The van der Waals surface area contributed by atoms with E-state index in [4.69, 9.17) is 9.47 Å². The third-order valence-electron chi connectivity index (χ3n) is 5.16. The Morgan fingerprint density at radius 1 is 1.23 bits per heavy atom. The van der Waals surface area contributed by atoms with Crippen molar-refractivity contribution in [2.45, 2.75) is 57.8 Å². The lowest BCUT2D eigenvalue weighted by atomic mass is 9.92. The van der Waals surface area contributed by atoms with Crippen LogP contribution in [-0.2, 0) is 0 Å². The number of amides is 1. The number of hydrogen-bond donors (Lipinski definition) is 2. The standard InChI is InChI=1S/C22H30N6O3/c1-3-4-5-6-7-8-11-24-22(29)31-18-9-10-20(30-2)19(13-18)16-12-17(15-23-14-16)21-25-27-28-26-21/h9-10,13-15,17H,3-8,11-12H2,1-2H3,(H,24,29)(H,25,26,27,28). The molecule has 0 spiro atoms. The van der Waals surface area contributed by atoms with Gasteiger partial charge in [-0.3, -0.25) is 4.99 Å². The Bertz CT molecular complexity index is 895. The lowest BCUT2D eigenvalue weighted by Crippen LogP contribution is -2.27. The van der Waals surface area contributed by atoms with Gasteiger partial charge >= 0.3 is 6.09 Å². The highest BCUT2D eigenvalue weighted by Crippen LogP contribution is 2.36. The normalized spacial score (nSPS) is 15.4. The first kappa shape index (κ1) is 22.5. The first-order chi connectivity index (χ1) is 15.2. The molecular formula is C22H30N6O3. The molecule has 9 nitrogen and oxygen atoms in total. The molecule has 0 bridgehead atoms. The molecule has 0 radical (unpaired) electrons. The summed E-state index contributed by atoms with van der Waals surface area (Å²) in [6.07, 6.45) is 10.8.